The Morgan fingerprint density at radius 3 is 2.38 bits per heavy atom. The van der Waals surface area contributed by atoms with Crippen molar-refractivity contribution >= 4 is 11.9 Å². The molecule has 0 bridgehead atoms. The van der Waals surface area contributed by atoms with E-state index in [1.807, 2.05) is 26.7 Å². The van der Waals surface area contributed by atoms with Crippen molar-refractivity contribution < 1.29 is 14.3 Å². The first-order valence-electron chi connectivity index (χ1n) is 4.38. The van der Waals surface area contributed by atoms with Crippen LogP contribution in [0.15, 0.2) is 5.57 Å². The molecule has 1 aliphatic carbocycles. The Morgan fingerprint density at radius 2 is 2.00 bits per heavy atom. The number of carbonyl (C=O) groups excluding carboxylic acids is 2. The number of ether oxygens (including phenoxy) is 1. The van der Waals surface area contributed by atoms with Gasteiger partial charge in [-0.15, -0.1) is 0 Å². The van der Waals surface area contributed by atoms with Gasteiger partial charge in [-0.2, -0.15) is 0 Å². The number of hydrogen-bond donors (Lipinski definition) is 0. The number of allylic oxidation sites excluding steroid dienone is 1. The second kappa shape index (κ2) is 3.35. The van der Waals surface area contributed by atoms with E-state index in [1.165, 1.54) is 0 Å². The molecule has 0 unspecified atom stereocenters. The highest BCUT2D eigenvalue weighted by Crippen LogP contribution is 2.32. The smallest absolute Gasteiger partial charge is 0.310 e. The lowest BCUT2D eigenvalue weighted by Crippen LogP contribution is -2.33. The van der Waals surface area contributed by atoms with Gasteiger partial charge < -0.3 is 4.74 Å². The zero-order valence-corrected chi connectivity index (χ0v) is 8.22. The first-order valence-corrected chi connectivity index (χ1v) is 4.38. The molecule has 72 valence electrons. The van der Waals surface area contributed by atoms with E-state index < -0.39 is 5.60 Å². The van der Waals surface area contributed by atoms with E-state index >= 15 is 0 Å². The van der Waals surface area contributed by atoms with Gasteiger partial charge in [0.25, 0.3) is 0 Å². The van der Waals surface area contributed by atoms with Gasteiger partial charge >= 0.3 is 5.97 Å². The minimum absolute atomic E-state index is 0.115. The lowest BCUT2D eigenvalue weighted by molar-refractivity contribution is -0.161. The second-order valence-electron chi connectivity index (χ2n) is 4.34. The van der Waals surface area contributed by atoms with Crippen LogP contribution in [0.4, 0.5) is 0 Å². The van der Waals surface area contributed by atoms with Crippen LogP contribution in [0.25, 0.3) is 0 Å². The summed E-state index contributed by atoms with van der Waals surface area (Å²) in [4.78, 5) is 21.5. The van der Waals surface area contributed by atoms with Gasteiger partial charge in [-0.05, 0) is 33.6 Å². The van der Waals surface area contributed by atoms with E-state index in [2.05, 4.69) is 0 Å². The lowest BCUT2D eigenvalue weighted by atomic mass is 9.81. The maximum Gasteiger partial charge on any atom is 0.310 e. The number of rotatable bonds is 1. The summed E-state index contributed by atoms with van der Waals surface area (Å²) in [5.41, 5.74) is 0.258. The zero-order chi connectivity index (χ0) is 10.1. The van der Waals surface area contributed by atoms with Crippen LogP contribution in [0.5, 0.6) is 0 Å². The summed E-state index contributed by atoms with van der Waals surface area (Å²) in [6, 6.07) is 0. The van der Waals surface area contributed by atoms with Crippen LogP contribution < -0.4 is 0 Å². The Kier molecular flexibility index (Phi) is 2.58. The molecule has 0 N–H and O–H groups in total. The standard InChI is InChI=1S/C10H14O3/c1-10(2,3)13-9(12)8-4-7(5-8)6-11/h8H,4-5H2,1-3H3. The maximum atomic E-state index is 11.3. The Morgan fingerprint density at radius 1 is 1.46 bits per heavy atom. The minimum Gasteiger partial charge on any atom is -0.460 e. The summed E-state index contributed by atoms with van der Waals surface area (Å²) >= 11 is 0. The van der Waals surface area contributed by atoms with Crippen molar-refractivity contribution in [1.29, 1.82) is 0 Å². The number of hydrogen-bond acceptors (Lipinski definition) is 3. The fourth-order valence-corrected chi connectivity index (χ4v) is 1.17. The monoisotopic (exact) mass is 182 g/mol. The van der Waals surface area contributed by atoms with Crippen molar-refractivity contribution in [1.82, 2.24) is 0 Å². The average molecular weight is 182 g/mol. The van der Waals surface area contributed by atoms with Crippen molar-refractivity contribution in [3.63, 3.8) is 0 Å². The second-order valence-corrected chi connectivity index (χ2v) is 4.34. The van der Waals surface area contributed by atoms with Gasteiger partial charge in [0.1, 0.15) is 11.5 Å². The predicted octanol–water partition coefficient (Wildman–Crippen LogP) is 1.50. The van der Waals surface area contributed by atoms with Crippen LogP contribution in [0.3, 0.4) is 0 Å². The summed E-state index contributed by atoms with van der Waals surface area (Å²) in [5.74, 6) is 1.49. The number of esters is 1. The van der Waals surface area contributed by atoms with E-state index in [9.17, 15) is 9.59 Å². The fraction of sp³-hybridized carbons (Fsp3) is 0.700. The summed E-state index contributed by atoms with van der Waals surface area (Å²) in [6.07, 6.45) is 1.05. The molecule has 0 heterocycles. The van der Waals surface area contributed by atoms with E-state index in [0.29, 0.717) is 18.4 Å². The third-order valence-electron chi connectivity index (χ3n) is 1.87. The van der Waals surface area contributed by atoms with Gasteiger partial charge in [-0.25, -0.2) is 4.79 Å². The van der Waals surface area contributed by atoms with Crippen LogP contribution in [0, 0.1) is 5.92 Å². The molecule has 0 aromatic heterocycles. The van der Waals surface area contributed by atoms with E-state index in [0.717, 1.165) is 0 Å². The van der Waals surface area contributed by atoms with Gasteiger partial charge in [0.15, 0.2) is 0 Å². The van der Waals surface area contributed by atoms with Crippen LogP contribution >= 0.6 is 0 Å². The summed E-state index contributed by atoms with van der Waals surface area (Å²) in [5, 5.41) is 0. The molecule has 0 radical (unpaired) electrons. The first kappa shape index (κ1) is 10.0. The molecule has 0 aromatic rings. The molecule has 1 rings (SSSR count). The topological polar surface area (TPSA) is 43.4 Å². The third-order valence-corrected chi connectivity index (χ3v) is 1.87. The maximum absolute atomic E-state index is 11.3. The normalized spacial score (nSPS) is 21.8. The minimum atomic E-state index is -0.433. The molecule has 1 saturated carbocycles. The average Bonchev–Trinajstić information content (AvgIpc) is 1.79. The lowest BCUT2D eigenvalue weighted by Gasteiger charge is -2.28. The van der Waals surface area contributed by atoms with E-state index in [1.54, 1.807) is 0 Å². The molecule has 3 heteroatoms. The molecule has 0 aliphatic heterocycles. The molecule has 1 aliphatic rings. The van der Waals surface area contributed by atoms with Crippen LogP contribution in [-0.4, -0.2) is 17.5 Å². The molecule has 1 fully saturated rings. The van der Waals surface area contributed by atoms with Crippen molar-refractivity contribution in [2.24, 2.45) is 5.92 Å². The van der Waals surface area contributed by atoms with Crippen molar-refractivity contribution in [3.05, 3.63) is 5.57 Å². The molecular formula is C10H14O3. The highest BCUT2D eigenvalue weighted by molar-refractivity contribution is 5.77. The Bertz CT molecular complexity index is 258. The fourth-order valence-electron chi connectivity index (χ4n) is 1.17. The SMILES string of the molecule is CC(C)(C)OC(=O)C1CC(=C=O)C1. The Labute approximate surface area is 77.8 Å². The Hall–Kier alpha value is -1.08. The van der Waals surface area contributed by atoms with Crippen molar-refractivity contribution in [2.45, 2.75) is 39.2 Å². The predicted molar refractivity (Wildman–Crippen MR) is 47.8 cm³/mol. The first-order chi connectivity index (χ1) is 5.92. The van der Waals surface area contributed by atoms with Crippen LogP contribution in [0.1, 0.15) is 33.6 Å². The Balaban J connectivity index is 2.40. The quantitative estimate of drug-likeness (QED) is 0.456. The molecule has 0 aromatic carbocycles. The van der Waals surface area contributed by atoms with Crippen molar-refractivity contribution in [3.8, 4) is 0 Å². The number of carbonyl (C=O) groups is 1. The summed E-state index contributed by atoms with van der Waals surface area (Å²) in [7, 11) is 0. The summed E-state index contributed by atoms with van der Waals surface area (Å²) in [6.45, 7) is 5.50. The van der Waals surface area contributed by atoms with Crippen LogP contribution in [-0.2, 0) is 14.3 Å². The van der Waals surface area contributed by atoms with Crippen LogP contribution in [0.2, 0.25) is 0 Å². The molecule has 3 nitrogen and oxygen atoms in total. The third kappa shape index (κ3) is 2.71. The molecular weight excluding hydrogens is 168 g/mol. The van der Waals surface area contributed by atoms with E-state index in [-0.39, 0.29) is 11.9 Å². The highest BCUT2D eigenvalue weighted by Gasteiger charge is 2.33. The van der Waals surface area contributed by atoms with Crippen molar-refractivity contribution in [2.75, 3.05) is 0 Å². The van der Waals surface area contributed by atoms with Gasteiger partial charge in [-0.1, -0.05) is 0 Å². The largest absolute Gasteiger partial charge is 0.460 e. The zero-order valence-electron chi connectivity index (χ0n) is 8.22. The molecule has 13 heavy (non-hydrogen) atoms. The molecule has 0 spiro atoms. The molecule has 0 amide bonds. The summed E-state index contributed by atoms with van der Waals surface area (Å²) < 4.78 is 5.15. The van der Waals surface area contributed by atoms with Gasteiger partial charge in [0, 0.05) is 5.57 Å². The molecule has 0 saturated heterocycles. The van der Waals surface area contributed by atoms with Gasteiger partial charge in [0.05, 0.1) is 5.92 Å². The van der Waals surface area contributed by atoms with E-state index in [4.69, 9.17) is 4.74 Å². The van der Waals surface area contributed by atoms with Gasteiger partial charge in [-0.3, -0.25) is 4.79 Å². The molecule has 0 atom stereocenters. The van der Waals surface area contributed by atoms with Gasteiger partial charge in [0.2, 0.25) is 0 Å². The highest BCUT2D eigenvalue weighted by atomic mass is 16.6.